The molecule has 1 aliphatic carbocycles. The molecule has 3 heterocycles. The van der Waals surface area contributed by atoms with Crippen LogP contribution in [0.3, 0.4) is 0 Å². The number of fused-ring (bicyclic) bond motifs is 1. The monoisotopic (exact) mass is 342 g/mol. The van der Waals surface area contributed by atoms with E-state index in [1.165, 1.54) is 36.6 Å². The van der Waals surface area contributed by atoms with Crippen LogP contribution in [0.25, 0.3) is 0 Å². The Kier molecular flexibility index (Phi) is 4.76. The number of rotatable bonds is 3. The molecule has 0 spiro atoms. The lowest BCUT2D eigenvalue weighted by atomic mass is 10.0. The molecule has 6 heteroatoms. The number of ether oxygens (including phenoxy) is 1. The summed E-state index contributed by atoms with van der Waals surface area (Å²) in [5.74, 6) is 0.730. The molecule has 2 aliphatic rings. The van der Waals surface area contributed by atoms with E-state index >= 15 is 0 Å². The fraction of sp³-hybridized carbons (Fsp3) is 0.526. The molecule has 5 nitrogen and oxygen atoms in total. The molecule has 0 saturated carbocycles. The van der Waals surface area contributed by atoms with E-state index in [4.69, 9.17) is 4.74 Å². The average Bonchev–Trinajstić information content (AvgIpc) is 2.89. The standard InChI is InChI=1S/C19H23FN4O/c20-16-8-4-10-21-19(16)25-14-6-5-11-24(12-14)18-15-7-2-1-3-9-17(15)22-13-23-18/h4,8,10,13-14H,1-3,5-7,9,11-12H2. The van der Waals surface area contributed by atoms with Crippen LogP contribution in [0.5, 0.6) is 5.88 Å². The zero-order chi connectivity index (χ0) is 17.1. The summed E-state index contributed by atoms with van der Waals surface area (Å²) < 4.78 is 19.6. The average molecular weight is 342 g/mol. The van der Waals surface area contributed by atoms with Crippen molar-refractivity contribution < 1.29 is 9.13 Å². The smallest absolute Gasteiger partial charge is 0.250 e. The normalized spacial score (nSPS) is 20.7. The molecule has 2 aromatic rings. The Labute approximate surface area is 147 Å². The Morgan fingerprint density at radius 3 is 2.92 bits per heavy atom. The highest BCUT2D eigenvalue weighted by Crippen LogP contribution is 2.29. The van der Waals surface area contributed by atoms with Gasteiger partial charge in [-0.25, -0.2) is 19.3 Å². The van der Waals surface area contributed by atoms with Gasteiger partial charge in [-0.1, -0.05) is 6.42 Å². The molecule has 0 amide bonds. The van der Waals surface area contributed by atoms with Gasteiger partial charge in [-0.15, -0.1) is 0 Å². The molecule has 25 heavy (non-hydrogen) atoms. The second-order valence-electron chi connectivity index (χ2n) is 6.80. The van der Waals surface area contributed by atoms with Gasteiger partial charge in [-0.2, -0.15) is 0 Å². The molecule has 1 atom stereocenters. The van der Waals surface area contributed by atoms with Crippen molar-refractivity contribution >= 4 is 5.82 Å². The second-order valence-corrected chi connectivity index (χ2v) is 6.80. The first kappa shape index (κ1) is 16.2. The van der Waals surface area contributed by atoms with Gasteiger partial charge in [0.2, 0.25) is 0 Å². The fourth-order valence-electron chi connectivity index (χ4n) is 3.80. The van der Waals surface area contributed by atoms with Crippen LogP contribution in [-0.4, -0.2) is 34.1 Å². The molecular weight excluding hydrogens is 319 g/mol. The van der Waals surface area contributed by atoms with Gasteiger partial charge >= 0.3 is 0 Å². The minimum absolute atomic E-state index is 0.0745. The number of hydrogen-bond donors (Lipinski definition) is 0. The lowest BCUT2D eigenvalue weighted by Gasteiger charge is -2.34. The second kappa shape index (κ2) is 7.33. The molecule has 4 rings (SSSR count). The maximum Gasteiger partial charge on any atom is 0.250 e. The Morgan fingerprint density at radius 2 is 2.00 bits per heavy atom. The number of aromatic nitrogens is 3. The van der Waals surface area contributed by atoms with Crippen LogP contribution in [0.15, 0.2) is 24.7 Å². The fourth-order valence-corrected chi connectivity index (χ4v) is 3.80. The highest BCUT2D eigenvalue weighted by atomic mass is 19.1. The Hall–Kier alpha value is -2.24. The summed E-state index contributed by atoms with van der Waals surface area (Å²) in [6.45, 7) is 1.66. The zero-order valence-corrected chi connectivity index (χ0v) is 14.3. The predicted molar refractivity (Wildman–Crippen MR) is 93.3 cm³/mol. The molecule has 1 saturated heterocycles. The van der Waals surface area contributed by atoms with E-state index < -0.39 is 5.82 Å². The van der Waals surface area contributed by atoms with Gasteiger partial charge in [-0.3, -0.25) is 0 Å². The van der Waals surface area contributed by atoms with Crippen LogP contribution in [0.1, 0.15) is 43.4 Å². The van der Waals surface area contributed by atoms with Crippen LogP contribution in [0.2, 0.25) is 0 Å². The number of hydrogen-bond acceptors (Lipinski definition) is 5. The highest BCUT2D eigenvalue weighted by molar-refractivity contribution is 5.49. The summed E-state index contributed by atoms with van der Waals surface area (Å²) in [5.41, 5.74) is 2.49. The largest absolute Gasteiger partial charge is 0.470 e. The van der Waals surface area contributed by atoms with Crippen molar-refractivity contribution in [2.75, 3.05) is 18.0 Å². The molecule has 0 N–H and O–H groups in total. The number of piperidine rings is 1. The Morgan fingerprint density at radius 1 is 1.08 bits per heavy atom. The van der Waals surface area contributed by atoms with E-state index in [0.717, 1.165) is 38.0 Å². The van der Waals surface area contributed by atoms with Gasteiger partial charge in [0.15, 0.2) is 5.82 Å². The molecular formula is C19H23FN4O. The number of pyridine rings is 1. The number of anilines is 1. The third kappa shape index (κ3) is 3.57. The lowest BCUT2D eigenvalue weighted by Crippen LogP contribution is -2.42. The first-order valence-electron chi connectivity index (χ1n) is 9.16. The predicted octanol–water partition coefficient (Wildman–Crippen LogP) is 3.33. The van der Waals surface area contributed by atoms with Crippen molar-refractivity contribution in [2.24, 2.45) is 0 Å². The van der Waals surface area contributed by atoms with E-state index in [-0.39, 0.29) is 12.0 Å². The van der Waals surface area contributed by atoms with Crippen molar-refractivity contribution in [3.05, 3.63) is 41.7 Å². The maximum absolute atomic E-state index is 13.8. The van der Waals surface area contributed by atoms with Crippen LogP contribution in [-0.2, 0) is 12.8 Å². The maximum atomic E-state index is 13.8. The summed E-state index contributed by atoms with van der Waals surface area (Å²) in [6, 6.07) is 2.96. The molecule has 0 bridgehead atoms. The minimum Gasteiger partial charge on any atom is -0.470 e. The first-order chi connectivity index (χ1) is 12.3. The molecule has 132 valence electrons. The van der Waals surface area contributed by atoms with Crippen LogP contribution < -0.4 is 9.64 Å². The Bertz CT molecular complexity index is 739. The third-order valence-electron chi connectivity index (χ3n) is 5.03. The number of aryl methyl sites for hydroxylation is 1. The summed E-state index contributed by atoms with van der Waals surface area (Å²) >= 11 is 0. The molecule has 1 fully saturated rings. The third-order valence-corrected chi connectivity index (χ3v) is 5.03. The number of nitrogens with zero attached hydrogens (tertiary/aromatic N) is 4. The molecule has 0 radical (unpaired) electrons. The molecule has 1 unspecified atom stereocenters. The van der Waals surface area contributed by atoms with Crippen molar-refractivity contribution in [3.63, 3.8) is 0 Å². The van der Waals surface area contributed by atoms with Crippen molar-refractivity contribution in [2.45, 2.75) is 51.0 Å². The van der Waals surface area contributed by atoms with Crippen molar-refractivity contribution in [3.8, 4) is 5.88 Å². The van der Waals surface area contributed by atoms with E-state index in [1.807, 2.05) is 0 Å². The molecule has 2 aromatic heterocycles. The van der Waals surface area contributed by atoms with Crippen molar-refractivity contribution in [1.29, 1.82) is 0 Å². The van der Waals surface area contributed by atoms with E-state index in [2.05, 4.69) is 19.9 Å². The van der Waals surface area contributed by atoms with Crippen molar-refractivity contribution in [1.82, 2.24) is 15.0 Å². The summed E-state index contributed by atoms with van der Waals surface area (Å²) in [6.07, 6.45) is 10.8. The number of halogens is 1. The van der Waals surface area contributed by atoms with Crippen LogP contribution in [0.4, 0.5) is 10.2 Å². The van der Waals surface area contributed by atoms with E-state index in [1.54, 1.807) is 18.6 Å². The lowest BCUT2D eigenvalue weighted by molar-refractivity contribution is 0.164. The van der Waals surface area contributed by atoms with Crippen LogP contribution >= 0.6 is 0 Å². The minimum atomic E-state index is -0.407. The summed E-state index contributed by atoms with van der Waals surface area (Å²) in [5, 5.41) is 0. The van der Waals surface area contributed by atoms with Gasteiger partial charge in [-0.05, 0) is 50.7 Å². The van der Waals surface area contributed by atoms with Crippen LogP contribution in [0, 0.1) is 5.82 Å². The van der Waals surface area contributed by atoms with Gasteiger partial charge in [0.25, 0.3) is 5.88 Å². The Balaban J connectivity index is 1.53. The van der Waals surface area contributed by atoms with Gasteiger partial charge < -0.3 is 9.64 Å². The summed E-state index contributed by atoms with van der Waals surface area (Å²) in [7, 11) is 0. The van der Waals surface area contributed by atoms with Gasteiger partial charge in [0.1, 0.15) is 18.2 Å². The zero-order valence-electron chi connectivity index (χ0n) is 14.3. The first-order valence-corrected chi connectivity index (χ1v) is 9.16. The highest BCUT2D eigenvalue weighted by Gasteiger charge is 2.26. The molecule has 0 aromatic carbocycles. The summed E-state index contributed by atoms with van der Waals surface area (Å²) in [4.78, 5) is 15.4. The van der Waals surface area contributed by atoms with E-state index in [9.17, 15) is 4.39 Å². The quantitative estimate of drug-likeness (QED) is 0.801. The topological polar surface area (TPSA) is 51.1 Å². The SMILES string of the molecule is Fc1cccnc1OC1CCCN(c2ncnc3c2CCCCC3)C1. The van der Waals surface area contributed by atoms with Gasteiger partial charge in [0.05, 0.1) is 6.54 Å². The molecule has 1 aliphatic heterocycles. The van der Waals surface area contributed by atoms with Gasteiger partial charge in [0, 0.05) is 24.0 Å². The van der Waals surface area contributed by atoms with E-state index in [0.29, 0.717) is 6.54 Å².